The zero-order valence-electron chi connectivity index (χ0n) is 7.19. The first-order chi connectivity index (χ1) is 6.27. The molecule has 2 aromatic rings. The summed E-state index contributed by atoms with van der Waals surface area (Å²) < 4.78 is 1.28. The van der Waals surface area contributed by atoms with E-state index in [4.69, 9.17) is 0 Å². The fourth-order valence-electron chi connectivity index (χ4n) is 1.13. The fourth-order valence-corrected chi connectivity index (χ4v) is 1.13. The van der Waals surface area contributed by atoms with Crippen LogP contribution in [0, 0.1) is 0 Å². The van der Waals surface area contributed by atoms with Gasteiger partial charge < -0.3 is 0 Å². The summed E-state index contributed by atoms with van der Waals surface area (Å²) in [6.45, 7) is 0. The Balaban J connectivity index is 0.000000980. The van der Waals surface area contributed by atoms with Gasteiger partial charge in [0.2, 0.25) is 0 Å². The number of hydrogen-bond donors (Lipinski definition) is 1. The number of H-pyrrole nitrogens is 1. The molecule has 0 unspecified atom stereocenters. The van der Waals surface area contributed by atoms with Gasteiger partial charge in [-0.1, -0.05) is 30.3 Å². The Hall–Kier alpha value is -1.84. The highest BCUT2D eigenvalue weighted by Gasteiger charge is 2.02. The molecule has 1 N–H and O–H groups in total. The van der Waals surface area contributed by atoms with E-state index >= 15 is 0 Å². The van der Waals surface area contributed by atoms with E-state index in [1.54, 1.807) is 7.05 Å². The molecule has 4 heteroatoms. The van der Waals surface area contributed by atoms with Crippen LogP contribution in [0.5, 0.6) is 0 Å². The topological polar surface area (TPSA) is 50.7 Å². The maximum absolute atomic E-state index is 11.1. The zero-order valence-corrected chi connectivity index (χ0v) is 7.19. The molecule has 0 aliphatic rings. The number of nitrogens with one attached hydrogen (secondary N) is 1. The number of nitrogens with zero attached hydrogens (tertiary/aromatic N) is 2. The van der Waals surface area contributed by atoms with Gasteiger partial charge in [-0.05, 0) is 0 Å². The summed E-state index contributed by atoms with van der Waals surface area (Å²) in [5.74, 6) is 0.605. The van der Waals surface area contributed by atoms with Gasteiger partial charge in [-0.2, -0.15) is 5.10 Å². The van der Waals surface area contributed by atoms with E-state index < -0.39 is 0 Å². The van der Waals surface area contributed by atoms with E-state index in [0.29, 0.717) is 5.82 Å². The SMILES string of the molecule is Cn1nc(-c2ccccc2)[nH]c1=O.[HH]. The lowest BCUT2D eigenvalue weighted by molar-refractivity contribution is 0.736. The molecule has 0 aliphatic carbocycles. The summed E-state index contributed by atoms with van der Waals surface area (Å²) in [4.78, 5) is 13.7. The van der Waals surface area contributed by atoms with Crippen molar-refractivity contribution in [1.29, 1.82) is 0 Å². The summed E-state index contributed by atoms with van der Waals surface area (Å²) in [6.07, 6.45) is 0. The molecule has 0 bridgehead atoms. The number of hydrogen-bond acceptors (Lipinski definition) is 2. The molecule has 0 amide bonds. The second-order valence-corrected chi connectivity index (χ2v) is 2.77. The smallest absolute Gasteiger partial charge is 0.289 e. The van der Waals surface area contributed by atoms with Crippen LogP contribution in [0.2, 0.25) is 0 Å². The van der Waals surface area contributed by atoms with Crippen LogP contribution in [0.3, 0.4) is 0 Å². The van der Waals surface area contributed by atoms with Gasteiger partial charge in [-0.15, -0.1) is 0 Å². The summed E-state index contributed by atoms with van der Waals surface area (Å²) in [5, 5.41) is 4.03. The zero-order chi connectivity index (χ0) is 9.26. The molecule has 1 aromatic heterocycles. The Bertz CT molecular complexity index is 460. The summed E-state index contributed by atoms with van der Waals surface area (Å²) in [7, 11) is 1.62. The molecule has 4 nitrogen and oxygen atoms in total. The Morgan fingerprint density at radius 3 is 2.62 bits per heavy atom. The molecule has 0 aliphatic heterocycles. The van der Waals surface area contributed by atoms with Gasteiger partial charge in [0.1, 0.15) is 0 Å². The van der Waals surface area contributed by atoms with Crippen molar-refractivity contribution in [3.63, 3.8) is 0 Å². The van der Waals surface area contributed by atoms with Crippen LogP contribution < -0.4 is 5.69 Å². The van der Waals surface area contributed by atoms with Crippen molar-refractivity contribution in [2.45, 2.75) is 0 Å². The van der Waals surface area contributed by atoms with E-state index in [1.807, 2.05) is 30.3 Å². The van der Waals surface area contributed by atoms with Crippen molar-refractivity contribution < 1.29 is 1.43 Å². The van der Waals surface area contributed by atoms with Gasteiger partial charge in [0.15, 0.2) is 5.82 Å². The van der Waals surface area contributed by atoms with Crippen LogP contribution in [0.15, 0.2) is 35.1 Å². The highest BCUT2D eigenvalue weighted by atomic mass is 16.1. The molecule has 0 saturated heterocycles. The lowest BCUT2D eigenvalue weighted by Gasteiger charge is -1.92. The van der Waals surface area contributed by atoms with E-state index in [0.717, 1.165) is 5.56 Å². The summed E-state index contributed by atoms with van der Waals surface area (Å²) in [5.41, 5.74) is 0.721. The highest BCUT2D eigenvalue weighted by molar-refractivity contribution is 5.53. The predicted octanol–water partition coefficient (Wildman–Crippen LogP) is 1.02. The highest BCUT2D eigenvalue weighted by Crippen LogP contribution is 2.10. The van der Waals surface area contributed by atoms with Gasteiger partial charge >= 0.3 is 5.69 Å². The monoisotopic (exact) mass is 177 g/mol. The molecule has 0 radical (unpaired) electrons. The second kappa shape index (κ2) is 2.90. The molecule has 0 saturated carbocycles. The lowest BCUT2D eigenvalue weighted by Crippen LogP contribution is -2.13. The van der Waals surface area contributed by atoms with E-state index in [9.17, 15) is 4.79 Å². The Morgan fingerprint density at radius 1 is 1.38 bits per heavy atom. The van der Waals surface area contributed by atoms with Crippen molar-refractivity contribution in [2.24, 2.45) is 7.05 Å². The standard InChI is InChI=1S/C9H9N3O.H2/c1-12-9(13)10-8(11-12)7-5-3-2-4-6-7;/h2-6H,1H3,(H,10,11,13);1H. The van der Waals surface area contributed by atoms with Crippen molar-refractivity contribution in [1.82, 2.24) is 14.8 Å². The first kappa shape index (κ1) is 7.79. The van der Waals surface area contributed by atoms with Crippen molar-refractivity contribution in [3.05, 3.63) is 40.8 Å². The number of aryl methyl sites for hydroxylation is 1. The molecular weight excluding hydrogens is 166 g/mol. The third kappa shape index (κ3) is 1.38. The molecule has 0 spiro atoms. The molecule has 0 atom stereocenters. The number of aromatic amines is 1. The quantitative estimate of drug-likeness (QED) is 0.707. The normalized spacial score (nSPS) is 10.2. The number of benzene rings is 1. The second-order valence-electron chi connectivity index (χ2n) is 2.77. The first-order valence-corrected chi connectivity index (χ1v) is 3.96. The molecule has 1 heterocycles. The van der Waals surface area contributed by atoms with Crippen molar-refractivity contribution in [2.75, 3.05) is 0 Å². The van der Waals surface area contributed by atoms with E-state index in [-0.39, 0.29) is 7.12 Å². The van der Waals surface area contributed by atoms with E-state index in [2.05, 4.69) is 10.1 Å². The maximum Gasteiger partial charge on any atom is 0.343 e. The van der Waals surface area contributed by atoms with Gasteiger partial charge in [-0.3, -0.25) is 4.98 Å². The average molecular weight is 177 g/mol. The molecular formula is C9H11N3O. The molecule has 1 aromatic carbocycles. The molecule has 2 rings (SSSR count). The minimum Gasteiger partial charge on any atom is -0.289 e. The Labute approximate surface area is 76.3 Å². The third-order valence-electron chi connectivity index (χ3n) is 1.82. The average Bonchev–Trinajstić information content (AvgIpc) is 2.49. The van der Waals surface area contributed by atoms with Crippen LogP contribution in [0.1, 0.15) is 1.43 Å². The molecule has 0 fully saturated rings. The van der Waals surface area contributed by atoms with Gasteiger partial charge in [0.25, 0.3) is 0 Å². The largest absolute Gasteiger partial charge is 0.343 e. The van der Waals surface area contributed by atoms with Crippen molar-refractivity contribution >= 4 is 0 Å². The minimum atomic E-state index is -0.196. The first-order valence-electron chi connectivity index (χ1n) is 3.96. The lowest BCUT2D eigenvalue weighted by atomic mass is 10.2. The number of rotatable bonds is 1. The van der Waals surface area contributed by atoms with E-state index in [1.165, 1.54) is 4.68 Å². The van der Waals surface area contributed by atoms with Crippen LogP contribution in [0.4, 0.5) is 0 Å². The Morgan fingerprint density at radius 2 is 2.08 bits per heavy atom. The van der Waals surface area contributed by atoms with Crippen LogP contribution in [-0.2, 0) is 7.05 Å². The van der Waals surface area contributed by atoms with Crippen LogP contribution >= 0.6 is 0 Å². The third-order valence-corrected chi connectivity index (χ3v) is 1.82. The van der Waals surface area contributed by atoms with Crippen LogP contribution in [-0.4, -0.2) is 14.8 Å². The predicted molar refractivity (Wildman–Crippen MR) is 51.4 cm³/mol. The van der Waals surface area contributed by atoms with Crippen LogP contribution in [0.25, 0.3) is 11.4 Å². The van der Waals surface area contributed by atoms with Gasteiger partial charge in [0.05, 0.1) is 0 Å². The number of aromatic nitrogens is 3. The maximum atomic E-state index is 11.1. The summed E-state index contributed by atoms with van der Waals surface area (Å²) >= 11 is 0. The fraction of sp³-hybridized carbons (Fsp3) is 0.111. The summed E-state index contributed by atoms with van der Waals surface area (Å²) in [6, 6.07) is 9.53. The van der Waals surface area contributed by atoms with Gasteiger partial charge in [-0.25, -0.2) is 9.48 Å². The van der Waals surface area contributed by atoms with Gasteiger partial charge in [0, 0.05) is 14.0 Å². The Kier molecular flexibility index (Phi) is 1.73. The minimum absolute atomic E-state index is 0. The molecule has 68 valence electrons. The van der Waals surface area contributed by atoms with Crippen molar-refractivity contribution in [3.8, 4) is 11.4 Å². The molecule has 13 heavy (non-hydrogen) atoms.